The van der Waals surface area contributed by atoms with Crippen LogP contribution in [0.5, 0.6) is 5.75 Å². The Labute approximate surface area is 109 Å². The molecule has 0 aliphatic heterocycles. The van der Waals surface area contributed by atoms with E-state index in [0.717, 1.165) is 11.6 Å². The highest BCUT2D eigenvalue weighted by molar-refractivity contribution is 6.09. The number of carbonyl (C=O) groups is 1. The molecule has 0 unspecified atom stereocenters. The number of carbonyl (C=O) groups excluding carboxylic acids is 1. The highest BCUT2D eigenvalue weighted by Crippen LogP contribution is 2.22. The Bertz CT molecular complexity index is 636. The molecule has 0 spiro atoms. The molecule has 0 atom stereocenters. The molecule has 19 heavy (non-hydrogen) atoms. The molecule has 0 fully saturated rings. The molecule has 0 N–H and O–H groups in total. The van der Waals surface area contributed by atoms with E-state index in [1.54, 1.807) is 12.1 Å². The molecular weight excluding hydrogens is 250 g/mol. The van der Waals surface area contributed by atoms with Gasteiger partial charge in [-0.15, -0.1) is 0 Å². The maximum absolute atomic E-state index is 13.6. The Morgan fingerprint density at radius 2 is 1.89 bits per heavy atom. The van der Waals surface area contributed by atoms with E-state index in [2.05, 4.69) is 0 Å². The Morgan fingerprint density at radius 1 is 1.16 bits per heavy atom. The number of benzene rings is 2. The average Bonchev–Trinajstić information content (AvgIpc) is 2.41. The summed E-state index contributed by atoms with van der Waals surface area (Å²) in [6.07, 6.45) is 0. The van der Waals surface area contributed by atoms with Crippen molar-refractivity contribution in [3.05, 3.63) is 64.7 Å². The Hall–Kier alpha value is -2.23. The van der Waals surface area contributed by atoms with Crippen LogP contribution < -0.4 is 4.74 Å². The number of methoxy groups -OCH3 is 1. The lowest BCUT2D eigenvalue weighted by Crippen LogP contribution is -2.06. The van der Waals surface area contributed by atoms with Gasteiger partial charge in [-0.05, 0) is 30.7 Å². The average molecular weight is 262 g/mol. The van der Waals surface area contributed by atoms with Gasteiger partial charge in [-0.1, -0.05) is 18.2 Å². The summed E-state index contributed by atoms with van der Waals surface area (Å²) in [4.78, 5) is 12.1. The molecule has 0 aliphatic carbocycles. The van der Waals surface area contributed by atoms with E-state index >= 15 is 0 Å². The first-order valence-electron chi connectivity index (χ1n) is 5.68. The number of ether oxygens (including phenoxy) is 1. The van der Waals surface area contributed by atoms with Crippen molar-refractivity contribution in [3.63, 3.8) is 0 Å². The lowest BCUT2D eigenvalue weighted by atomic mass is 10.0. The van der Waals surface area contributed by atoms with Crippen LogP contribution in [0.3, 0.4) is 0 Å². The smallest absolute Gasteiger partial charge is 0.196 e. The van der Waals surface area contributed by atoms with Gasteiger partial charge in [-0.3, -0.25) is 4.79 Å². The third kappa shape index (κ3) is 2.47. The second-order valence-corrected chi connectivity index (χ2v) is 4.11. The molecule has 0 bridgehead atoms. The molecule has 0 heterocycles. The van der Waals surface area contributed by atoms with Crippen LogP contribution in [-0.4, -0.2) is 12.9 Å². The van der Waals surface area contributed by atoms with Crippen molar-refractivity contribution in [1.29, 1.82) is 0 Å². The minimum absolute atomic E-state index is 0.256. The molecule has 4 heteroatoms. The van der Waals surface area contributed by atoms with Gasteiger partial charge >= 0.3 is 0 Å². The van der Waals surface area contributed by atoms with Crippen LogP contribution in [0.4, 0.5) is 8.78 Å². The molecular formula is C15H12F2O2. The predicted octanol–water partition coefficient (Wildman–Crippen LogP) is 3.51. The highest BCUT2D eigenvalue weighted by Gasteiger charge is 2.17. The van der Waals surface area contributed by atoms with Crippen LogP contribution in [0.2, 0.25) is 0 Å². The maximum atomic E-state index is 13.6. The fourth-order valence-electron chi connectivity index (χ4n) is 1.80. The number of ketones is 1. The van der Waals surface area contributed by atoms with Crippen LogP contribution in [0.1, 0.15) is 21.5 Å². The Balaban J connectivity index is 2.47. The summed E-state index contributed by atoms with van der Waals surface area (Å²) < 4.78 is 31.8. The van der Waals surface area contributed by atoms with Crippen molar-refractivity contribution in [3.8, 4) is 5.75 Å². The zero-order valence-corrected chi connectivity index (χ0v) is 10.5. The van der Waals surface area contributed by atoms with Gasteiger partial charge in [0.25, 0.3) is 0 Å². The topological polar surface area (TPSA) is 26.3 Å². The quantitative estimate of drug-likeness (QED) is 0.791. The van der Waals surface area contributed by atoms with Gasteiger partial charge in [-0.25, -0.2) is 8.78 Å². The highest BCUT2D eigenvalue weighted by atomic mass is 19.2. The summed E-state index contributed by atoms with van der Waals surface area (Å²) in [7, 11) is 1.49. The van der Waals surface area contributed by atoms with Crippen molar-refractivity contribution in [1.82, 2.24) is 0 Å². The monoisotopic (exact) mass is 262 g/mol. The normalized spacial score (nSPS) is 10.3. The van der Waals surface area contributed by atoms with Gasteiger partial charge in [0.05, 0.1) is 12.7 Å². The molecule has 0 saturated carbocycles. The fourth-order valence-corrected chi connectivity index (χ4v) is 1.80. The van der Waals surface area contributed by atoms with Gasteiger partial charge in [0.2, 0.25) is 0 Å². The summed E-state index contributed by atoms with van der Waals surface area (Å²) in [6, 6.07) is 8.31. The lowest BCUT2D eigenvalue weighted by molar-refractivity contribution is 0.103. The van der Waals surface area contributed by atoms with Crippen molar-refractivity contribution in [2.24, 2.45) is 0 Å². The molecule has 2 aromatic rings. The van der Waals surface area contributed by atoms with E-state index in [-0.39, 0.29) is 11.1 Å². The van der Waals surface area contributed by atoms with Crippen molar-refractivity contribution in [2.75, 3.05) is 7.11 Å². The van der Waals surface area contributed by atoms with E-state index in [9.17, 15) is 13.6 Å². The summed E-state index contributed by atoms with van der Waals surface area (Å²) >= 11 is 0. The van der Waals surface area contributed by atoms with Crippen molar-refractivity contribution >= 4 is 5.78 Å². The van der Waals surface area contributed by atoms with Gasteiger partial charge in [0.1, 0.15) is 5.75 Å². The minimum atomic E-state index is -1.13. The van der Waals surface area contributed by atoms with E-state index in [0.29, 0.717) is 5.75 Å². The van der Waals surface area contributed by atoms with Crippen LogP contribution >= 0.6 is 0 Å². The Morgan fingerprint density at radius 3 is 2.58 bits per heavy atom. The summed E-state index contributed by atoms with van der Waals surface area (Å²) in [5.74, 6) is -2.21. The molecule has 2 aromatic carbocycles. The van der Waals surface area contributed by atoms with Gasteiger partial charge < -0.3 is 4.74 Å². The standard InChI is InChI=1S/C15H12F2O2/c1-9-6-7-10(8-13(9)19-2)15(18)11-4-3-5-12(16)14(11)17/h3-8H,1-2H3. The van der Waals surface area contributed by atoms with Crippen molar-refractivity contribution < 1.29 is 18.3 Å². The molecule has 0 aromatic heterocycles. The number of halogens is 2. The molecule has 98 valence electrons. The fraction of sp³-hybridized carbons (Fsp3) is 0.133. The molecule has 0 radical (unpaired) electrons. The largest absolute Gasteiger partial charge is 0.496 e. The second kappa shape index (κ2) is 5.18. The van der Waals surface area contributed by atoms with E-state index in [4.69, 9.17) is 4.74 Å². The summed E-state index contributed by atoms with van der Waals surface area (Å²) in [5.41, 5.74) is 0.830. The third-order valence-corrected chi connectivity index (χ3v) is 2.87. The predicted molar refractivity (Wildman–Crippen MR) is 67.5 cm³/mol. The second-order valence-electron chi connectivity index (χ2n) is 4.11. The summed E-state index contributed by atoms with van der Waals surface area (Å²) in [5, 5.41) is 0. The van der Waals surface area contributed by atoms with Crippen LogP contribution in [-0.2, 0) is 0 Å². The molecule has 0 amide bonds. The zero-order valence-electron chi connectivity index (χ0n) is 10.5. The van der Waals surface area contributed by atoms with Crippen LogP contribution in [0, 0.1) is 18.6 Å². The van der Waals surface area contributed by atoms with Crippen LogP contribution in [0.15, 0.2) is 36.4 Å². The third-order valence-electron chi connectivity index (χ3n) is 2.87. The van der Waals surface area contributed by atoms with E-state index < -0.39 is 17.4 Å². The number of hydrogen-bond acceptors (Lipinski definition) is 2. The number of aryl methyl sites for hydroxylation is 1. The summed E-state index contributed by atoms with van der Waals surface area (Å²) in [6.45, 7) is 1.83. The molecule has 0 saturated heterocycles. The SMILES string of the molecule is COc1cc(C(=O)c2cccc(F)c2F)ccc1C. The molecule has 2 rings (SSSR count). The van der Waals surface area contributed by atoms with Gasteiger partial charge in [-0.2, -0.15) is 0 Å². The van der Waals surface area contributed by atoms with Crippen LogP contribution in [0.25, 0.3) is 0 Å². The first-order chi connectivity index (χ1) is 9.04. The van der Waals surface area contributed by atoms with E-state index in [1.165, 1.54) is 25.3 Å². The zero-order chi connectivity index (χ0) is 14.0. The Kier molecular flexibility index (Phi) is 3.60. The first kappa shape index (κ1) is 13.2. The molecule has 2 nitrogen and oxygen atoms in total. The maximum Gasteiger partial charge on any atom is 0.196 e. The van der Waals surface area contributed by atoms with Gasteiger partial charge in [0.15, 0.2) is 17.4 Å². The number of hydrogen-bond donors (Lipinski definition) is 0. The lowest BCUT2D eigenvalue weighted by Gasteiger charge is -2.08. The van der Waals surface area contributed by atoms with E-state index in [1.807, 2.05) is 6.92 Å². The first-order valence-corrected chi connectivity index (χ1v) is 5.68. The molecule has 0 aliphatic rings. The minimum Gasteiger partial charge on any atom is -0.496 e. The van der Waals surface area contributed by atoms with Gasteiger partial charge in [0, 0.05) is 5.56 Å². The number of rotatable bonds is 3. The van der Waals surface area contributed by atoms with Crippen molar-refractivity contribution in [2.45, 2.75) is 6.92 Å².